The number of carbonyl (C=O) groups excluding carboxylic acids is 2. The second-order valence-corrected chi connectivity index (χ2v) is 11.0. The van der Waals surface area contributed by atoms with Gasteiger partial charge in [-0.1, -0.05) is 0 Å². The zero-order chi connectivity index (χ0) is 21.6. The summed E-state index contributed by atoms with van der Waals surface area (Å²) in [7, 11) is 0.813. The second kappa shape index (κ2) is 7.37. The first-order chi connectivity index (χ1) is 13.5. The molecule has 0 saturated heterocycles. The lowest BCUT2D eigenvalue weighted by Gasteiger charge is -2.36. The third kappa shape index (κ3) is 3.34. The number of nitrogens with two attached hydrogens (primary N) is 1. The summed E-state index contributed by atoms with van der Waals surface area (Å²) in [6, 6.07) is 0. The molecule has 1 saturated carbocycles. The van der Waals surface area contributed by atoms with Crippen LogP contribution in [-0.4, -0.2) is 84.9 Å². The van der Waals surface area contributed by atoms with E-state index in [1.807, 2.05) is 0 Å². The summed E-state index contributed by atoms with van der Waals surface area (Å²) < 4.78 is 36.5. The molecule has 0 radical (unpaired) electrons. The number of ether oxygens (including phenoxy) is 2. The zero-order valence-corrected chi connectivity index (χ0v) is 18.0. The molecular weight excluding hydrogens is 400 g/mol. The van der Waals surface area contributed by atoms with Gasteiger partial charge in [0.1, 0.15) is 10.4 Å². The summed E-state index contributed by atoms with van der Waals surface area (Å²) in [5, 5.41) is 4.07. The van der Waals surface area contributed by atoms with Crippen LogP contribution in [0.3, 0.4) is 0 Å². The Morgan fingerprint density at radius 3 is 2.34 bits per heavy atom. The van der Waals surface area contributed by atoms with Crippen molar-refractivity contribution in [3.8, 4) is 0 Å². The molecular formula is C18H28N4O6S. The van der Waals surface area contributed by atoms with Crippen LogP contribution in [0.25, 0.3) is 0 Å². The molecule has 0 atom stereocenters. The Bertz CT molecular complexity index is 928. The molecule has 2 aliphatic rings. The lowest BCUT2D eigenvalue weighted by molar-refractivity contribution is 0.0722. The summed E-state index contributed by atoms with van der Waals surface area (Å²) in [5.74, 6) is -1.02. The normalized spacial score (nSPS) is 18.6. The van der Waals surface area contributed by atoms with E-state index in [4.69, 9.17) is 15.2 Å². The van der Waals surface area contributed by atoms with Crippen LogP contribution in [0, 0.1) is 0 Å². The van der Waals surface area contributed by atoms with Crippen LogP contribution in [-0.2, 0) is 32.8 Å². The number of rotatable bonds is 9. The first kappa shape index (κ1) is 21.7. The largest absolute Gasteiger partial charge is 0.383 e. The van der Waals surface area contributed by atoms with Gasteiger partial charge in [-0.25, -0.2) is 8.42 Å². The fraction of sp³-hybridized carbons (Fsp3) is 0.722. The van der Waals surface area contributed by atoms with Gasteiger partial charge >= 0.3 is 0 Å². The molecule has 29 heavy (non-hydrogen) atoms. The predicted octanol–water partition coefficient (Wildman–Crippen LogP) is -0.484. The lowest BCUT2D eigenvalue weighted by atomic mass is 10.0. The van der Waals surface area contributed by atoms with Crippen LogP contribution >= 0.6 is 0 Å². The van der Waals surface area contributed by atoms with E-state index in [9.17, 15) is 18.0 Å². The van der Waals surface area contributed by atoms with E-state index in [-0.39, 0.29) is 37.1 Å². The molecule has 2 amide bonds. The average molecular weight is 429 g/mol. The van der Waals surface area contributed by atoms with E-state index in [0.717, 1.165) is 0 Å². The fourth-order valence-electron chi connectivity index (χ4n) is 4.25. The van der Waals surface area contributed by atoms with E-state index in [2.05, 4.69) is 5.10 Å². The van der Waals surface area contributed by atoms with Gasteiger partial charge in [0.15, 0.2) is 15.5 Å². The van der Waals surface area contributed by atoms with Crippen LogP contribution in [0.15, 0.2) is 0 Å². The predicted molar refractivity (Wildman–Crippen MR) is 104 cm³/mol. The van der Waals surface area contributed by atoms with Crippen molar-refractivity contribution in [2.45, 2.75) is 35.7 Å². The number of aryl methyl sites for hydroxylation is 1. The van der Waals surface area contributed by atoms with Gasteiger partial charge in [0, 0.05) is 39.9 Å². The molecule has 10 nitrogen and oxygen atoms in total. The molecule has 1 fully saturated rings. The van der Waals surface area contributed by atoms with E-state index in [1.165, 1.54) is 18.9 Å². The molecule has 11 heteroatoms. The van der Waals surface area contributed by atoms with Gasteiger partial charge in [0.05, 0.1) is 18.0 Å². The van der Waals surface area contributed by atoms with Crippen LogP contribution in [0.2, 0.25) is 0 Å². The Morgan fingerprint density at radius 1 is 1.28 bits per heavy atom. The number of fused-ring (bicyclic) bond motifs is 1. The van der Waals surface area contributed by atoms with Crippen molar-refractivity contribution in [2.75, 3.05) is 40.5 Å². The number of aromatic nitrogens is 2. The van der Waals surface area contributed by atoms with Crippen molar-refractivity contribution >= 4 is 21.7 Å². The summed E-state index contributed by atoms with van der Waals surface area (Å²) in [5.41, 5.74) is 6.27. The van der Waals surface area contributed by atoms with Gasteiger partial charge in [-0.15, -0.1) is 0 Å². The number of primary amides is 1. The number of carbonyl (C=O) groups is 2. The number of methoxy groups -OCH3 is 2. The molecule has 0 bridgehead atoms. The highest BCUT2D eigenvalue weighted by Gasteiger charge is 2.62. The van der Waals surface area contributed by atoms with Crippen molar-refractivity contribution in [2.24, 2.45) is 12.8 Å². The van der Waals surface area contributed by atoms with Gasteiger partial charge < -0.3 is 20.1 Å². The quantitative estimate of drug-likeness (QED) is 0.561. The molecule has 1 aliphatic carbocycles. The average Bonchev–Trinajstić information content (AvgIpc) is 3.35. The van der Waals surface area contributed by atoms with Crippen LogP contribution in [0.5, 0.6) is 0 Å². The van der Waals surface area contributed by atoms with Crippen molar-refractivity contribution in [1.82, 2.24) is 14.7 Å². The maximum atomic E-state index is 13.5. The monoisotopic (exact) mass is 428 g/mol. The minimum atomic E-state index is -3.67. The van der Waals surface area contributed by atoms with E-state index in [0.29, 0.717) is 31.4 Å². The van der Waals surface area contributed by atoms with Gasteiger partial charge in [-0.2, -0.15) is 5.10 Å². The molecule has 2 N–H and O–H groups in total. The van der Waals surface area contributed by atoms with E-state index >= 15 is 0 Å². The maximum absolute atomic E-state index is 13.5. The fourth-order valence-corrected chi connectivity index (χ4v) is 6.80. The van der Waals surface area contributed by atoms with Crippen LogP contribution < -0.4 is 5.73 Å². The van der Waals surface area contributed by atoms with Crippen molar-refractivity contribution < 1.29 is 27.5 Å². The van der Waals surface area contributed by atoms with Gasteiger partial charge in [-0.3, -0.25) is 14.3 Å². The molecule has 162 valence electrons. The molecule has 2 heterocycles. The minimum absolute atomic E-state index is 0.00667. The molecule has 1 aromatic heterocycles. The number of nitrogens with zero attached hydrogens (tertiary/aromatic N) is 3. The Labute approximate surface area is 170 Å². The smallest absolute Gasteiger partial charge is 0.272 e. The van der Waals surface area contributed by atoms with Crippen molar-refractivity contribution in [3.05, 3.63) is 17.0 Å². The van der Waals surface area contributed by atoms with E-state index in [1.54, 1.807) is 18.9 Å². The lowest BCUT2D eigenvalue weighted by Crippen LogP contribution is -2.54. The van der Waals surface area contributed by atoms with Gasteiger partial charge in [0.2, 0.25) is 0 Å². The number of amides is 2. The summed E-state index contributed by atoms with van der Waals surface area (Å²) in [6.07, 6.45) is 1.36. The minimum Gasteiger partial charge on any atom is -0.383 e. The number of hydrogen-bond acceptors (Lipinski definition) is 7. The molecule has 0 unspecified atom stereocenters. The standard InChI is InChI=1S/C18H28N4O6S/c1-17(10-27-3,11-28-4)29(25,26)18(6-7-18)9-22-8-5-12-13(15(19)23)20-21(2)14(12)16(22)24/h5-11H2,1-4H3,(H2,19,23). The third-order valence-electron chi connectivity index (χ3n) is 5.91. The highest BCUT2D eigenvalue weighted by atomic mass is 32.2. The van der Waals surface area contributed by atoms with Crippen LogP contribution in [0.1, 0.15) is 46.3 Å². The molecule has 0 aromatic carbocycles. The second-order valence-electron chi connectivity index (χ2n) is 8.14. The SMILES string of the molecule is COCC(C)(COC)S(=O)(=O)C1(CN2CCc3c(C(N)=O)nn(C)c3C2=O)CC1. The Kier molecular flexibility index (Phi) is 5.52. The summed E-state index contributed by atoms with van der Waals surface area (Å²) in [6.45, 7) is 2.03. The molecule has 1 aromatic rings. The van der Waals surface area contributed by atoms with E-state index < -0.39 is 25.2 Å². The maximum Gasteiger partial charge on any atom is 0.272 e. The Balaban J connectivity index is 1.89. The number of hydrogen-bond donors (Lipinski definition) is 1. The first-order valence-electron chi connectivity index (χ1n) is 9.40. The molecule has 3 rings (SSSR count). The Morgan fingerprint density at radius 2 is 1.86 bits per heavy atom. The third-order valence-corrected chi connectivity index (χ3v) is 9.12. The van der Waals surface area contributed by atoms with Crippen molar-refractivity contribution in [3.63, 3.8) is 0 Å². The summed E-state index contributed by atoms with van der Waals surface area (Å²) >= 11 is 0. The van der Waals surface area contributed by atoms with Crippen molar-refractivity contribution in [1.29, 1.82) is 0 Å². The van der Waals surface area contributed by atoms with Gasteiger partial charge in [0.25, 0.3) is 11.8 Å². The highest BCUT2D eigenvalue weighted by molar-refractivity contribution is 7.94. The number of sulfone groups is 1. The van der Waals surface area contributed by atoms with Crippen LogP contribution in [0.4, 0.5) is 0 Å². The highest BCUT2D eigenvalue weighted by Crippen LogP contribution is 2.49. The Hall–Kier alpha value is -1.98. The van der Waals surface area contributed by atoms with Gasteiger partial charge in [-0.05, 0) is 26.2 Å². The molecule has 1 aliphatic heterocycles. The summed E-state index contributed by atoms with van der Waals surface area (Å²) in [4.78, 5) is 26.2. The first-order valence-corrected chi connectivity index (χ1v) is 10.9. The molecule has 0 spiro atoms. The topological polar surface area (TPSA) is 134 Å². The zero-order valence-electron chi connectivity index (χ0n) is 17.2.